The largest absolute Gasteiger partial charge is 0.338 e. The molecule has 0 aromatic heterocycles. The predicted octanol–water partition coefficient (Wildman–Crippen LogP) is 3.47. The van der Waals surface area contributed by atoms with Crippen molar-refractivity contribution >= 4 is 5.91 Å². The molecule has 1 aromatic rings. The van der Waals surface area contributed by atoms with Crippen molar-refractivity contribution in [2.24, 2.45) is 11.3 Å². The molecule has 2 heteroatoms. The molecule has 0 saturated carbocycles. The molecule has 0 N–H and O–H groups in total. The lowest BCUT2D eigenvalue weighted by Gasteiger charge is -2.39. The van der Waals surface area contributed by atoms with Gasteiger partial charge in [-0.15, -0.1) is 0 Å². The van der Waals surface area contributed by atoms with Gasteiger partial charge in [0, 0.05) is 19.5 Å². The van der Waals surface area contributed by atoms with Crippen LogP contribution < -0.4 is 0 Å². The number of carbonyl (C=O) groups is 1. The summed E-state index contributed by atoms with van der Waals surface area (Å²) >= 11 is 0. The number of hydrogen-bond donors (Lipinski definition) is 0. The Kier molecular flexibility index (Phi) is 3.74. The van der Waals surface area contributed by atoms with Crippen LogP contribution in [-0.4, -0.2) is 17.4 Å². The van der Waals surface area contributed by atoms with Gasteiger partial charge in [-0.2, -0.15) is 0 Å². The van der Waals surface area contributed by atoms with Gasteiger partial charge in [-0.05, 0) is 23.3 Å². The minimum Gasteiger partial charge on any atom is -0.338 e. The van der Waals surface area contributed by atoms with Crippen molar-refractivity contribution in [3.63, 3.8) is 0 Å². The van der Waals surface area contributed by atoms with Crippen molar-refractivity contribution in [2.75, 3.05) is 6.54 Å². The Balaban J connectivity index is 2.05. The van der Waals surface area contributed by atoms with Crippen LogP contribution in [0, 0.1) is 11.3 Å². The summed E-state index contributed by atoms with van der Waals surface area (Å²) in [5, 5.41) is 0. The van der Waals surface area contributed by atoms with E-state index in [1.54, 1.807) is 0 Å². The van der Waals surface area contributed by atoms with Crippen LogP contribution in [-0.2, 0) is 11.3 Å². The Morgan fingerprint density at radius 3 is 2.50 bits per heavy atom. The van der Waals surface area contributed by atoms with E-state index in [1.807, 2.05) is 23.1 Å². The highest BCUT2D eigenvalue weighted by Gasteiger charge is 2.32. The van der Waals surface area contributed by atoms with Gasteiger partial charge in [0.2, 0.25) is 5.91 Å². The molecule has 1 amide bonds. The molecule has 2 nitrogen and oxygen atoms in total. The fraction of sp³-hybridized carbons (Fsp3) is 0.562. The van der Waals surface area contributed by atoms with Crippen LogP contribution in [0.2, 0.25) is 0 Å². The monoisotopic (exact) mass is 245 g/mol. The first kappa shape index (κ1) is 13.1. The highest BCUT2D eigenvalue weighted by atomic mass is 16.2. The van der Waals surface area contributed by atoms with E-state index in [2.05, 4.69) is 32.9 Å². The Bertz CT molecular complexity index is 405. The van der Waals surface area contributed by atoms with Crippen LogP contribution >= 0.6 is 0 Å². The van der Waals surface area contributed by atoms with Crippen molar-refractivity contribution in [3.05, 3.63) is 35.9 Å². The van der Waals surface area contributed by atoms with Crippen LogP contribution in [0.15, 0.2) is 30.3 Å². The third-order valence-electron chi connectivity index (χ3n) is 3.94. The van der Waals surface area contributed by atoms with Crippen molar-refractivity contribution < 1.29 is 4.79 Å². The highest BCUT2D eigenvalue weighted by molar-refractivity contribution is 5.77. The second-order valence-corrected chi connectivity index (χ2v) is 6.36. The van der Waals surface area contributed by atoms with Gasteiger partial charge in [0.25, 0.3) is 0 Å². The molecule has 1 atom stereocenters. The van der Waals surface area contributed by atoms with E-state index in [0.29, 0.717) is 18.2 Å². The second kappa shape index (κ2) is 5.13. The van der Waals surface area contributed by atoms with E-state index in [4.69, 9.17) is 0 Å². The van der Waals surface area contributed by atoms with Crippen molar-refractivity contribution in [2.45, 2.75) is 40.2 Å². The molecule has 2 rings (SSSR count). The number of rotatable bonds is 2. The van der Waals surface area contributed by atoms with E-state index in [1.165, 1.54) is 5.56 Å². The first-order valence-electron chi connectivity index (χ1n) is 6.78. The third kappa shape index (κ3) is 3.12. The topological polar surface area (TPSA) is 20.3 Å². The van der Waals surface area contributed by atoms with E-state index in [0.717, 1.165) is 19.5 Å². The first-order valence-corrected chi connectivity index (χ1v) is 6.78. The maximum atomic E-state index is 12.0. The van der Waals surface area contributed by atoms with Gasteiger partial charge in [-0.25, -0.2) is 0 Å². The van der Waals surface area contributed by atoms with Crippen LogP contribution in [0.25, 0.3) is 0 Å². The van der Waals surface area contributed by atoms with Gasteiger partial charge in [-0.1, -0.05) is 51.1 Å². The second-order valence-electron chi connectivity index (χ2n) is 6.36. The quantitative estimate of drug-likeness (QED) is 0.781. The molecular formula is C16H23NO. The van der Waals surface area contributed by atoms with Gasteiger partial charge in [0.1, 0.15) is 0 Å². The third-order valence-corrected chi connectivity index (χ3v) is 3.94. The molecular weight excluding hydrogens is 222 g/mol. The summed E-state index contributed by atoms with van der Waals surface area (Å²) in [6, 6.07) is 10.3. The molecule has 1 aliphatic heterocycles. The number of likely N-dealkylation sites (tertiary alicyclic amines) is 1. The molecule has 0 bridgehead atoms. The van der Waals surface area contributed by atoms with E-state index in [9.17, 15) is 4.79 Å². The number of nitrogens with zero attached hydrogens (tertiary/aromatic N) is 1. The summed E-state index contributed by atoms with van der Waals surface area (Å²) in [5.74, 6) is 0.915. The summed E-state index contributed by atoms with van der Waals surface area (Å²) in [4.78, 5) is 14.0. The van der Waals surface area contributed by atoms with Crippen molar-refractivity contribution in [3.8, 4) is 0 Å². The fourth-order valence-corrected chi connectivity index (χ4v) is 2.58. The van der Waals surface area contributed by atoms with Crippen LogP contribution in [0.4, 0.5) is 0 Å². The summed E-state index contributed by atoms with van der Waals surface area (Å²) in [7, 11) is 0. The van der Waals surface area contributed by atoms with Gasteiger partial charge in [-0.3, -0.25) is 4.79 Å². The predicted molar refractivity (Wildman–Crippen MR) is 74.0 cm³/mol. The fourth-order valence-electron chi connectivity index (χ4n) is 2.58. The summed E-state index contributed by atoms with van der Waals surface area (Å²) < 4.78 is 0. The normalized spacial score (nSPS) is 21.2. The maximum absolute atomic E-state index is 12.0. The number of carbonyl (C=O) groups excluding carboxylic acids is 1. The summed E-state index contributed by atoms with van der Waals surface area (Å²) in [6.07, 6.45) is 1.74. The van der Waals surface area contributed by atoms with Crippen molar-refractivity contribution in [1.82, 2.24) is 4.90 Å². The lowest BCUT2D eigenvalue weighted by Crippen LogP contribution is -2.43. The average Bonchev–Trinajstić information content (AvgIpc) is 2.32. The maximum Gasteiger partial charge on any atom is 0.222 e. The SMILES string of the molecule is CC(C)(C)C1CCC(=O)N(Cc2ccccc2)C1. The highest BCUT2D eigenvalue weighted by Crippen LogP contribution is 2.34. The van der Waals surface area contributed by atoms with E-state index >= 15 is 0 Å². The number of piperidine rings is 1. The van der Waals surface area contributed by atoms with Crippen molar-refractivity contribution in [1.29, 1.82) is 0 Å². The Morgan fingerprint density at radius 1 is 1.22 bits per heavy atom. The molecule has 98 valence electrons. The molecule has 1 aliphatic rings. The molecule has 0 aliphatic carbocycles. The zero-order valence-corrected chi connectivity index (χ0v) is 11.6. The zero-order chi connectivity index (χ0) is 13.2. The summed E-state index contributed by atoms with van der Waals surface area (Å²) in [6.45, 7) is 8.47. The minimum absolute atomic E-state index is 0.287. The zero-order valence-electron chi connectivity index (χ0n) is 11.6. The standard InChI is InChI=1S/C16H23NO/c1-16(2,3)14-9-10-15(18)17(12-14)11-13-7-5-4-6-8-13/h4-8,14H,9-12H2,1-3H3. The van der Waals surface area contributed by atoms with Gasteiger partial charge < -0.3 is 4.90 Å². The molecule has 18 heavy (non-hydrogen) atoms. The van der Waals surface area contributed by atoms with E-state index in [-0.39, 0.29) is 5.41 Å². The summed E-state index contributed by atoms with van der Waals surface area (Å²) in [5.41, 5.74) is 1.51. The molecule has 1 heterocycles. The Labute approximate surface area is 110 Å². The van der Waals surface area contributed by atoms with Crippen LogP contribution in [0.3, 0.4) is 0 Å². The molecule has 1 aromatic carbocycles. The van der Waals surface area contributed by atoms with Crippen LogP contribution in [0.1, 0.15) is 39.2 Å². The van der Waals surface area contributed by atoms with Gasteiger partial charge >= 0.3 is 0 Å². The molecule has 1 unspecified atom stereocenters. The number of amides is 1. The number of hydrogen-bond acceptors (Lipinski definition) is 1. The Hall–Kier alpha value is -1.31. The van der Waals surface area contributed by atoms with Crippen LogP contribution in [0.5, 0.6) is 0 Å². The van der Waals surface area contributed by atoms with Gasteiger partial charge in [0.05, 0.1) is 0 Å². The lowest BCUT2D eigenvalue weighted by molar-refractivity contribution is -0.136. The average molecular weight is 245 g/mol. The Morgan fingerprint density at radius 2 is 1.89 bits per heavy atom. The molecule has 1 saturated heterocycles. The first-order chi connectivity index (χ1) is 8.47. The minimum atomic E-state index is 0.287. The smallest absolute Gasteiger partial charge is 0.222 e. The number of benzene rings is 1. The lowest BCUT2D eigenvalue weighted by atomic mass is 9.76. The molecule has 0 radical (unpaired) electrons. The molecule has 0 spiro atoms. The molecule has 1 fully saturated rings. The van der Waals surface area contributed by atoms with E-state index < -0.39 is 0 Å². The van der Waals surface area contributed by atoms with Gasteiger partial charge in [0.15, 0.2) is 0 Å².